The molecule has 0 saturated carbocycles. The Kier molecular flexibility index (Phi) is 4.03. The smallest absolute Gasteiger partial charge is 0.322 e. The number of carbonyl (C=O) groups excluding carboxylic acids is 1. The number of hydrogen-bond acceptors (Lipinski definition) is 6. The minimum absolute atomic E-state index is 0.0192. The van der Waals surface area contributed by atoms with Crippen LogP contribution in [0.2, 0.25) is 0 Å². The first-order chi connectivity index (χ1) is 10.9. The fourth-order valence-corrected chi connectivity index (χ4v) is 2.39. The van der Waals surface area contributed by atoms with Gasteiger partial charge in [-0.15, -0.1) is 5.10 Å². The van der Waals surface area contributed by atoms with Gasteiger partial charge in [0, 0.05) is 11.7 Å². The van der Waals surface area contributed by atoms with Crippen molar-refractivity contribution in [2.45, 2.75) is 26.8 Å². The number of amides is 1. The van der Waals surface area contributed by atoms with Gasteiger partial charge in [0.15, 0.2) is 16.1 Å². The minimum atomic E-state index is -0.414. The lowest BCUT2D eigenvalue weighted by atomic mass is 10.3. The third-order valence-electron chi connectivity index (χ3n) is 3.07. The lowest BCUT2D eigenvalue weighted by Crippen LogP contribution is -2.14. The lowest BCUT2D eigenvalue weighted by molar-refractivity contribution is 0.101. The first-order valence-electron chi connectivity index (χ1n) is 6.90. The number of furan rings is 1. The molecule has 1 N–H and O–H groups in total. The third-order valence-corrected chi connectivity index (χ3v) is 3.50. The van der Waals surface area contributed by atoms with Gasteiger partial charge in [-0.2, -0.15) is 5.10 Å². The number of aromatic nitrogens is 4. The molecular formula is C14H14BrN5O3. The van der Waals surface area contributed by atoms with E-state index in [1.807, 2.05) is 20.8 Å². The SMILES string of the molecule is Cc1cc(C(=O)Nc2nnc(-c3ccc(Br)o3)o2)nn1C(C)C. The van der Waals surface area contributed by atoms with Crippen molar-refractivity contribution in [2.24, 2.45) is 0 Å². The lowest BCUT2D eigenvalue weighted by Gasteiger charge is -2.06. The van der Waals surface area contributed by atoms with E-state index in [0.29, 0.717) is 10.4 Å². The Morgan fingerprint density at radius 1 is 1.30 bits per heavy atom. The predicted octanol–water partition coefficient (Wildman–Crippen LogP) is 3.43. The van der Waals surface area contributed by atoms with Gasteiger partial charge in [-0.1, -0.05) is 5.10 Å². The van der Waals surface area contributed by atoms with Gasteiger partial charge in [-0.05, 0) is 54.9 Å². The molecule has 3 aromatic rings. The Balaban J connectivity index is 1.76. The molecule has 0 aliphatic carbocycles. The summed E-state index contributed by atoms with van der Waals surface area (Å²) < 4.78 is 13.0. The van der Waals surface area contributed by atoms with Crippen molar-refractivity contribution in [1.29, 1.82) is 0 Å². The van der Waals surface area contributed by atoms with E-state index in [2.05, 4.69) is 36.5 Å². The van der Waals surface area contributed by atoms with Gasteiger partial charge in [-0.3, -0.25) is 14.8 Å². The zero-order chi connectivity index (χ0) is 16.6. The first-order valence-corrected chi connectivity index (χ1v) is 7.70. The molecule has 0 spiro atoms. The molecule has 1 amide bonds. The van der Waals surface area contributed by atoms with Crippen molar-refractivity contribution >= 4 is 27.9 Å². The minimum Gasteiger partial charge on any atom is -0.444 e. The largest absolute Gasteiger partial charge is 0.444 e. The van der Waals surface area contributed by atoms with Crippen molar-refractivity contribution in [3.63, 3.8) is 0 Å². The monoisotopic (exact) mass is 379 g/mol. The van der Waals surface area contributed by atoms with Crippen molar-refractivity contribution in [2.75, 3.05) is 5.32 Å². The highest BCUT2D eigenvalue weighted by molar-refractivity contribution is 9.10. The van der Waals surface area contributed by atoms with Gasteiger partial charge in [0.05, 0.1) is 0 Å². The Hall–Kier alpha value is -2.42. The average molecular weight is 380 g/mol. The number of halogens is 1. The quantitative estimate of drug-likeness (QED) is 0.745. The predicted molar refractivity (Wildman–Crippen MR) is 85.0 cm³/mol. The van der Waals surface area contributed by atoms with Crippen LogP contribution < -0.4 is 5.32 Å². The number of hydrogen-bond donors (Lipinski definition) is 1. The molecule has 0 aliphatic heterocycles. The van der Waals surface area contributed by atoms with E-state index < -0.39 is 5.91 Å². The molecule has 120 valence electrons. The third kappa shape index (κ3) is 3.19. The van der Waals surface area contributed by atoms with Gasteiger partial charge >= 0.3 is 6.01 Å². The second-order valence-corrected chi connectivity index (χ2v) is 5.96. The van der Waals surface area contributed by atoms with Gasteiger partial charge in [-0.25, -0.2) is 0 Å². The summed E-state index contributed by atoms with van der Waals surface area (Å²) in [6.07, 6.45) is 0. The Bertz CT molecular complexity index is 848. The molecule has 0 radical (unpaired) electrons. The summed E-state index contributed by atoms with van der Waals surface area (Å²) in [6.45, 7) is 5.88. The van der Waals surface area contributed by atoms with Gasteiger partial charge < -0.3 is 8.83 Å². The summed E-state index contributed by atoms with van der Waals surface area (Å²) in [5.74, 6) is 0.169. The molecule has 0 aromatic carbocycles. The second kappa shape index (κ2) is 5.99. The van der Waals surface area contributed by atoms with E-state index in [4.69, 9.17) is 8.83 Å². The molecule has 3 heterocycles. The molecule has 3 rings (SSSR count). The zero-order valence-electron chi connectivity index (χ0n) is 12.7. The molecule has 0 aliphatic rings. The molecule has 0 fully saturated rings. The maximum absolute atomic E-state index is 12.2. The van der Waals surface area contributed by atoms with Crippen LogP contribution in [0.15, 0.2) is 31.7 Å². The van der Waals surface area contributed by atoms with Gasteiger partial charge in [0.2, 0.25) is 0 Å². The van der Waals surface area contributed by atoms with Crippen LogP contribution in [0.1, 0.15) is 36.1 Å². The summed E-state index contributed by atoms with van der Waals surface area (Å²) in [4.78, 5) is 12.2. The van der Waals surface area contributed by atoms with Crippen molar-refractivity contribution < 1.29 is 13.6 Å². The van der Waals surface area contributed by atoms with E-state index in [-0.39, 0.29) is 23.6 Å². The number of nitrogens with zero attached hydrogens (tertiary/aromatic N) is 4. The van der Waals surface area contributed by atoms with Crippen LogP contribution in [0.5, 0.6) is 0 Å². The van der Waals surface area contributed by atoms with Gasteiger partial charge in [0.25, 0.3) is 11.8 Å². The number of aryl methyl sites for hydroxylation is 1. The summed E-state index contributed by atoms with van der Waals surface area (Å²) >= 11 is 3.19. The normalized spacial score (nSPS) is 11.2. The van der Waals surface area contributed by atoms with Crippen LogP contribution in [0.3, 0.4) is 0 Å². The van der Waals surface area contributed by atoms with Crippen molar-refractivity contribution in [3.05, 3.63) is 34.3 Å². The number of rotatable bonds is 4. The molecule has 3 aromatic heterocycles. The standard InChI is InChI=1S/C14H14BrN5O3/c1-7(2)20-8(3)6-9(19-20)12(21)16-14-18-17-13(23-14)10-4-5-11(15)22-10/h4-7H,1-3H3,(H,16,18,21). The van der Waals surface area contributed by atoms with E-state index in [1.54, 1.807) is 22.9 Å². The number of nitrogens with one attached hydrogen (secondary N) is 1. The highest BCUT2D eigenvalue weighted by Gasteiger charge is 2.18. The molecular weight excluding hydrogens is 366 g/mol. The van der Waals surface area contributed by atoms with E-state index in [0.717, 1.165) is 5.69 Å². The molecule has 0 saturated heterocycles. The number of anilines is 1. The molecule has 0 atom stereocenters. The summed E-state index contributed by atoms with van der Waals surface area (Å²) in [7, 11) is 0. The Morgan fingerprint density at radius 3 is 2.70 bits per heavy atom. The summed E-state index contributed by atoms with van der Waals surface area (Å²) in [5.41, 5.74) is 1.19. The van der Waals surface area contributed by atoms with Crippen LogP contribution >= 0.6 is 15.9 Å². The highest BCUT2D eigenvalue weighted by atomic mass is 79.9. The molecule has 0 bridgehead atoms. The zero-order valence-corrected chi connectivity index (χ0v) is 14.3. The Labute approximate surface area is 140 Å². The highest BCUT2D eigenvalue weighted by Crippen LogP contribution is 2.25. The topological polar surface area (TPSA) is 99.0 Å². The van der Waals surface area contributed by atoms with E-state index >= 15 is 0 Å². The molecule has 9 heteroatoms. The van der Waals surface area contributed by atoms with Gasteiger partial charge in [0.1, 0.15) is 0 Å². The van der Waals surface area contributed by atoms with Crippen LogP contribution in [0.25, 0.3) is 11.7 Å². The van der Waals surface area contributed by atoms with Crippen molar-refractivity contribution in [3.8, 4) is 11.7 Å². The van der Waals surface area contributed by atoms with E-state index in [1.165, 1.54) is 0 Å². The summed E-state index contributed by atoms with van der Waals surface area (Å²) in [5, 5.41) is 14.4. The van der Waals surface area contributed by atoms with Crippen LogP contribution in [0, 0.1) is 6.92 Å². The second-order valence-electron chi connectivity index (χ2n) is 5.18. The van der Waals surface area contributed by atoms with Crippen LogP contribution in [-0.4, -0.2) is 25.9 Å². The van der Waals surface area contributed by atoms with Crippen LogP contribution in [-0.2, 0) is 0 Å². The van der Waals surface area contributed by atoms with Crippen LogP contribution in [0.4, 0.5) is 6.01 Å². The van der Waals surface area contributed by atoms with E-state index in [9.17, 15) is 4.79 Å². The first kappa shape index (κ1) is 15.5. The molecule has 23 heavy (non-hydrogen) atoms. The molecule has 8 nitrogen and oxygen atoms in total. The maximum Gasteiger partial charge on any atom is 0.322 e. The van der Waals surface area contributed by atoms with Crippen molar-refractivity contribution in [1.82, 2.24) is 20.0 Å². The fourth-order valence-electron chi connectivity index (χ4n) is 2.09. The Morgan fingerprint density at radius 2 is 2.09 bits per heavy atom. The number of carbonyl (C=O) groups is 1. The molecule has 0 unspecified atom stereocenters. The average Bonchev–Trinajstić information content (AvgIpc) is 3.18. The fraction of sp³-hybridized carbons (Fsp3) is 0.286. The summed E-state index contributed by atoms with van der Waals surface area (Å²) in [6, 6.07) is 5.24. The maximum atomic E-state index is 12.2.